The molecule has 0 amide bonds. The van der Waals surface area contributed by atoms with E-state index < -0.39 is 0 Å². The second-order valence-electron chi connectivity index (χ2n) is 5.08. The normalized spacial score (nSPS) is 11.0. The number of nitrogens with zero attached hydrogens (tertiary/aromatic N) is 2. The summed E-state index contributed by atoms with van der Waals surface area (Å²) in [4.78, 5) is 10.2. The molecular weight excluding hydrogens is 438 g/mol. The van der Waals surface area contributed by atoms with Gasteiger partial charge in [0.25, 0.3) is 0 Å². The van der Waals surface area contributed by atoms with Crippen molar-refractivity contribution in [2.75, 3.05) is 13.1 Å². The van der Waals surface area contributed by atoms with Gasteiger partial charge in [0.1, 0.15) is 10.8 Å². The van der Waals surface area contributed by atoms with Crippen molar-refractivity contribution in [2.45, 2.75) is 33.2 Å². The summed E-state index contributed by atoms with van der Waals surface area (Å²) in [5.74, 6) is 0.565. The van der Waals surface area contributed by atoms with Crippen molar-refractivity contribution in [3.63, 3.8) is 0 Å². The quantitative estimate of drug-likeness (QED) is 0.374. The molecule has 7 heteroatoms. The van der Waals surface area contributed by atoms with Gasteiger partial charge >= 0.3 is 0 Å². The Morgan fingerprint density at radius 2 is 2.12 bits per heavy atom. The lowest BCUT2D eigenvalue weighted by Gasteiger charge is -2.11. The maximum atomic E-state index is 13.2. The van der Waals surface area contributed by atoms with Gasteiger partial charge in [-0.05, 0) is 37.5 Å². The maximum absolute atomic E-state index is 13.2. The van der Waals surface area contributed by atoms with Gasteiger partial charge in [-0.15, -0.1) is 35.3 Å². The number of benzene rings is 1. The van der Waals surface area contributed by atoms with Crippen LogP contribution in [0.25, 0.3) is 0 Å². The Morgan fingerprint density at radius 3 is 2.79 bits per heavy atom. The molecule has 0 saturated heterocycles. The molecule has 0 aliphatic rings. The number of aryl methyl sites for hydroxylation is 1. The molecule has 1 aromatic carbocycles. The fraction of sp³-hybridized carbons (Fsp3) is 0.412. The molecule has 132 valence electrons. The number of halogens is 2. The largest absolute Gasteiger partial charge is 0.357 e. The molecule has 2 aromatic rings. The maximum Gasteiger partial charge on any atom is 0.191 e. The Balaban J connectivity index is 0.00000288. The van der Waals surface area contributed by atoms with Crippen LogP contribution in [-0.4, -0.2) is 24.0 Å². The highest BCUT2D eigenvalue weighted by molar-refractivity contribution is 14.0. The zero-order chi connectivity index (χ0) is 16.5. The Morgan fingerprint density at radius 1 is 1.29 bits per heavy atom. The van der Waals surface area contributed by atoms with Crippen LogP contribution in [0.2, 0.25) is 0 Å². The molecule has 0 aliphatic heterocycles. The Labute approximate surface area is 164 Å². The van der Waals surface area contributed by atoms with E-state index in [2.05, 4.69) is 27.5 Å². The first-order valence-electron chi connectivity index (χ1n) is 7.91. The van der Waals surface area contributed by atoms with Crippen LogP contribution >= 0.6 is 35.3 Å². The van der Waals surface area contributed by atoms with Gasteiger partial charge in [0.05, 0.1) is 6.54 Å². The first kappa shape index (κ1) is 20.8. The fourth-order valence-electron chi connectivity index (χ4n) is 2.09. The third-order valence-corrected chi connectivity index (χ3v) is 4.39. The lowest BCUT2D eigenvalue weighted by atomic mass is 10.1. The third kappa shape index (κ3) is 7.12. The van der Waals surface area contributed by atoms with Crippen molar-refractivity contribution in [1.29, 1.82) is 0 Å². The van der Waals surface area contributed by atoms with Crippen molar-refractivity contribution >= 4 is 41.3 Å². The van der Waals surface area contributed by atoms with Crippen molar-refractivity contribution in [3.05, 3.63) is 51.7 Å². The van der Waals surface area contributed by atoms with Gasteiger partial charge in [-0.3, -0.25) is 0 Å². The summed E-state index contributed by atoms with van der Waals surface area (Å²) in [7, 11) is 0. The second kappa shape index (κ2) is 11.4. The molecule has 0 aliphatic carbocycles. The molecule has 2 rings (SSSR count). The monoisotopic (exact) mass is 462 g/mol. The van der Waals surface area contributed by atoms with Crippen LogP contribution in [0.4, 0.5) is 4.39 Å². The van der Waals surface area contributed by atoms with E-state index in [-0.39, 0.29) is 29.8 Å². The number of thiazole rings is 1. The van der Waals surface area contributed by atoms with E-state index in [0.717, 1.165) is 35.9 Å². The van der Waals surface area contributed by atoms with Crippen LogP contribution in [0, 0.1) is 5.82 Å². The zero-order valence-electron chi connectivity index (χ0n) is 14.0. The van der Waals surface area contributed by atoms with Crippen molar-refractivity contribution < 1.29 is 4.39 Å². The lowest BCUT2D eigenvalue weighted by Crippen LogP contribution is -2.38. The average molecular weight is 462 g/mol. The first-order chi connectivity index (χ1) is 11.2. The van der Waals surface area contributed by atoms with Crippen LogP contribution in [0.1, 0.15) is 29.3 Å². The molecule has 1 aromatic heterocycles. The molecule has 0 atom stereocenters. The molecule has 1 heterocycles. The van der Waals surface area contributed by atoms with E-state index >= 15 is 0 Å². The van der Waals surface area contributed by atoms with Gasteiger partial charge in [-0.2, -0.15) is 0 Å². The number of aromatic nitrogens is 1. The van der Waals surface area contributed by atoms with Crippen LogP contribution in [0.15, 0.2) is 35.5 Å². The van der Waals surface area contributed by atoms with Crippen LogP contribution in [-0.2, 0) is 19.4 Å². The molecule has 0 fully saturated rings. The highest BCUT2D eigenvalue weighted by Crippen LogP contribution is 2.13. The van der Waals surface area contributed by atoms with Crippen LogP contribution < -0.4 is 10.6 Å². The van der Waals surface area contributed by atoms with Gasteiger partial charge in [0.2, 0.25) is 0 Å². The molecule has 0 saturated carbocycles. The predicted molar refractivity (Wildman–Crippen MR) is 110 cm³/mol. The van der Waals surface area contributed by atoms with Crippen molar-refractivity contribution in [3.8, 4) is 0 Å². The highest BCUT2D eigenvalue weighted by atomic mass is 127. The van der Waals surface area contributed by atoms with E-state index in [4.69, 9.17) is 0 Å². The molecule has 2 N–H and O–H groups in total. The molecule has 4 nitrogen and oxygen atoms in total. The van der Waals surface area contributed by atoms with Gasteiger partial charge < -0.3 is 10.6 Å². The topological polar surface area (TPSA) is 49.3 Å². The Kier molecular flexibility index (Phi) is 9.85. The minimum absolute atomic E-state index is 0. The van der Waals surface area contributed by atoms with Crippen molar-refractivity contribution in [2.24, 2.45) is 4.99 Å². The van der Waals surface area contributed by atoms with E-state index in [1.165, 1.54) is 10.9 Å². The zero-order valence-corrected chi connectivity index (χ0v) is 17.2. The third-order valence-electron chi connectivity index (χ3n) is 3.26. The standard InChI is InChI=1S/C17H23FN4S.HI/c1-3-15-11-21-16(23-15)12-22-17(19-4-2)20-9-8-13-6-5-7-14(18)10-13;/h5-7,10-11H,3-4,8-9,12H2,1-2H3,(H2,19,20,22);1H. The van der Waals surface area contributed by atoms with Gasteiger partial charge in [-0.25, -0.2) is 14.4 Å². The molecule has 24 heavy (non-hydrogen) atoms. The van der Waals surface area contributed by atoms with Gasteiger partial charge in [0.15, 0.2) is 5.96 Å². The molecule has 0 spiro atoms. The van der Waals surface area contributed by atoms with E-state index in [1.807, 2.05) is 19.2 Å². The van der Waals surface area contributed by atoms with Crippen LogP contribution in [0.5, 0.6) is 0 Å². The van der Waals surface area contributed by atoms with Gasteiger partial charge in [0, 0.05) is 24.2 Å². The minimum atomic E-state index is -0.196. The fourth-order valence-corrected chi connectivity index (χ4v) is 2.88. The second-order valence-corrected chi connectivity index (χ2v) is 6.28. The minimum Gasteiger partial charge on any atom is -0.357 e. The number of nitrogens with one attached hydrogen (secondary N) is 2. The smallest absolute Gasteiger partial charge is 0.191 e. The number of guanidine groups is 1. The number of aliphatic imine (C=N–C) groups is 1. The first-order valence-corrected chi connectivity index (χ1v) is 8.73. The van der Waals surface area contributed by atoms with Crippen LogP contribution in [0.3, 0.4) is 0 Å². The predicted octanol–water partition coefficient (Wildman–Crippen LogP) is 3.76. The Bertz CT molecular complexity index is 645. The number of hydrogen-bond acceptors (Lipinski definition) is 3. The Hall–Kier alpha value is -1.22. The average Bonchev–Trinajstić information content (AvgIpc) is 3.01. The van der Waals surface area contributed by atoms with Gasteiger partial charge in [-0.1, -0.05) is 19.1 Å². The lowest BCUT2D eigenvalue weighted by molar-refractivity contribution is 0.625. The molecular formula is C17H24FIN4S. The number of rotatable bonds is 7. The molecule has 0 radical (unpaired) electrons. The molecule has 0 unspecified atom stereocenters. The van der Waals surface area contributed by atoms with E-state index in [1.54, 1.807) is 23.5 Å². The summed E-state index contributed by atoms with van der Waals surface area (Å²) in [5.41, 5.74) is 0.973. The summed E-state index contributed by atoms with van der Waals surface area (Å²) in [5, 5.41) is 7.50. The van der Waals surface area contributed by atoms with Crippen molar-refractivity contribution in [1.82, 2.24) is 15.6 Å². The highest BCUT2D eigenvalue weighted by Gasteiger charge is 2.02. The SMILES string of the molecule is CCNC(=NCc1ncc(CC)s1)NCCc1cccc(F)c1.I. The van der Waals surface area contributed by atoms with E-state index in [0.29, 0.717) is 13.1 Å². The number of hydrogen-bond donors (Lipinski definition) is 2. The summed E-state index contributed by atoms with van der Waals surface area (Å²) < 4.78 is 13.2. The summed E-state index contributed by atoms with van der Waals surface area (Å²) in [6.07, 6.45) is 3.67. The summed E-state index contributed by atoms with van der Waals surface area (Å²) >= 11 is 1.70. The molecule has 0 bridgehead atoms. The summed E-state index contributed by atoms with van der Waals surface area (Å²) in [6, 6.07) is 6.68. The summed E-state index contributed by atoms with van der Waals surface area (Å²) in [6.45, 7) is 6.22. The van der Waals surface area contributed by atoms with E-state index in [9.17, 15) is 4.39 Å².